The number of nitrogens with zero attached hydrogens (tertiary/aromatic N) is 1. The lowest BCUT2D eigenvalue weighted by atomic mass is 9.95. The molecule has 0 spiro atoms. The second-order valence-electron chi connectivity index (χ2n) is 8.87. The van der Waals surface area contributed by atoms with E-state index in [4.69, 9.17) is 16.3 Å². The number of carbonyl (C=O) groups excluding carboxylic acids is 2. The maximum atomic E-state index is 12.9. The highest BCUT2D eigenvalue weighted by Gasteiger charge is 2.30. The van der Waals surface area contributed by atoms with Gasteiger partial charge in [-0.1, -0.05) is 29.8 Å². The van der Waals surface area contributed by atoms with E-state index >= 15 is 0 Å². The van der Waals surface area contributed by atoms with Crippen molar-refractivity contribution in [2.24, 2.45) is 0 Å². The first-order valence-electron chi connectivity index (χ1n) is 12.3. The van der Waals surface area contributed by atoms with Crippen LogP contribution in [0.3, 0.4) is 0 Å². The molecule has 1 unspecified atom stereocenters. The summed E-state index contributed by atoms with van der Waals surface area (Å²) in [6.45, 7) is 4.38. The van der Waals surface area contributed by atoms with Gasteiger partial charge in [0.25, 0.3) is 0 Å². The van der Waals surface area contributed by atoms with Gasteiger partial charge in [0.05, 0.1) is 12.2 Å². The van der Waals surface area contributed by atoms with Crippen LogP contribution < -0.4 is 16.0 Å². The third-order valence-electron chi connectivity index (χ3n) is 6.24. The molecule has 0 aliphatic carbocycles. The second-order valence-corrected chi connectivity index (χ2v) is 9.30. The van der Waals surface area contributed by atoms with Crippen LogP contribution in [0.2, 0.25) is 5.02 Å². The summed E-state index contributed by atoms with van der Waals surface area (Å²) in [6.07, 6.45) is -2.41. The van der Waals surface area contributed by atoms with Gasteiger partial charge in [-0.3, -0.25) is 0 Å². The van der Waals surface area contributed by atoms with E-state index in [2.05, 4.69) is 16.0 Å². The highest BCUT2D eigenvalue weighted by Crippen LogP contribution is 2.30. The van der Waals surface area contributed by atoms with Gasteiger partial charge in [0.15, 0.2) is 0 Å². The first kappa shape index (κ1) is 28.6. The van der Waals surface area contributed by atoms with Gasteiger partial charge >= 0.3 is 18.3 Å². The summed E-state index contributed by atoms with van der Waals surface area (Å²) in [5, 5.41) is 9.38. The zero-order chi connectivity index (χ0) is 26.8. The number of anilines is 1. The predicted octanol–water partition coefficient (Wildman–Crippen LogP) is 5.86. The van der Waals surface area contributed by atoms with Crippen molar-refractivity contribution in [2.45, 2.75) is 44.3 Å². The van der Waals surface area contributed by atoms with Gasteiger partial charge in [-0.2, -0.15) is 13.2 Å². The van der Waals surface area contributed by atoms with E-state index in [0.717, 1.165) is 30.5 Å². The third kappa shape index (κ3) is 9.12. The van der Waals surface area contributed by atoms with Crippen LogP contribution in [0.5, 0.6) is 0 Å². The molecule has 1 atom stereocenters. The number of nitrogens with one attached hydrogen (secondary N) is 3. The lowest BCUT2D eigenvalue weighted by Crippen LogP contribution is -2.45. The Balaban J connectivity index is 1.52. The Morgan fingerprint density at radius 2 is 1.84 bits per heavy atom. The normalized spacial score (nSPS) is 15.2. The highest BCUT2D eigenvalue weighted by molar-refractivity contribution is 6.30. The summed E-state index contributed by atoms with van der Waals surface area (Å²) in [5.74, 6) is -0.0448. The number of halogens is 4. The zero-order valence-corrected chi connectivity index (χ0v) is 21.4. The zero-order valence-electron chi connectivity index (χ0n) is 20.6. The molecule has 0 radical (unpaired) electrons. The number of alkyl halides is 3. The molecule has 11 heteroatoms. The Hall–Kier alpha value is -2.98. The van der Waals surface area contributed by atoms with E-state index in [-0.39, 0.29) is 30.3 Å². The number of urea groups is 1. The van der Waals surface area contributed by atoms with Crippen molar-refractivity contribution < 1.29 is 27.5 Å². The largest absolute Gasteiger partial charge is 0.450 e. The SMILES string of the molecule is CCOC(=O)N1CCC(NCCC(CNC(=O)Nc2cccc(C(F)(F)F)c2)c2ccc(Cl)cc2)CC1. The number of carbonyl (C=O) groups is 2. The second kappa shape index (κ2) is 13.5. The smallest absolute Gasteiger partial charge is 0.416 e. The Labute approximate surface area is 219 Å². The average molecular weight is 541 g/mol. The van der Waals surface area contributed by atoms with Crippen molar-refractivity contribution in [3.63, 3.8) is 0 Å². The molecule has 2 aromatic carbocycles. The fourth-order valence-electron chi connectivity index (χ4n) is 4.23. The third-order valence-corrected chi connectivity index (χ3v) is 6.50. The van der Waals surface area contributed by atoms with Gasteiger partial charge in [-0.15, -0.1) is 0 Å². The van der Waals surface area contributed by atoms with Crippen molar-refractivity contribution in [3.05, 3.63) is 64.7 Å². The number of likely N-dealkylation sites (tertiary alicyclic amines) is 1. The Morgan fingerprint density at radius 1 is 1.14 bits per heavy atom. The molecule has 1 heterocycles. The van der Waals surface area contributed by atoms with Crippen molar-refractivity contribution >= 4 is 29.4 Å². The molecule has 3 rings (SSSR count). The van der Waals surface area contributed by atoms with E-state index in [0.29, 0.717) is 37.7 Å². The molecule has 7 nitrogen and oxygen atoms in total. The monoisotopic (exact) mass is 540 g/mol. The highest BCUT2D eigenvalue weighted by atomic mass is 35.5. The van der Waals surface area contributed by atoms with Crippen LogP contribution in [0.1, 0.15) is 43.2 Å². The number of rotatable bonds is 9. The van der Waals surface area contributed by atoms with Gasteiger partial charge in [-0.05, 0) is 68.6 Å². The Morgan fingerprint density at radius 3 is 2.49 bits per heavy atom. The van der Waals surface area contributed by atoms with E-state index in [9.17, 15) is 22.8 Å². The van der Waals surface area contributed by atoms with Crippen LogP contribution in [0.4, 0.5) is 28.4 Å². The minimum absolute atomic E-state index is 0.0448. The number of benzene rings is 2. The minimum Gasteiger partial charge on any atom is -0.450 e. The van der Waals surface area contributed by atoms with Crippen LogP contribution >= 0.6 is 11.6 Å². The molecule has 3 N–H and O–H groups in total. The number of hydrogen-bond acceptors (Lipinski definition) is 4. The van der Waals surface area contributed by atoms with E-state index in [1.54, 1.807) is 24.0 Å². The van der Waals surface area contributed by atoms with Gasteiger partial charge in [0.2, 0.25) is 0 Å². The molecular formula is C26H32ClF3N4O3. The van der Waals surface area contributed by atoms with Crippen molar-refractivity contribution in [1.82, 2.24) is 15.5 Å². The molecule has 1 fully saturated rings. The van der Waals surface area contributed by atoms with Gasteiger partial charge in [0, 0.05) is 42.3 Å². The quantitative estimate of drug-likeness (QED) is 0.372. The maximum Gasteiger partial charge on any atom is 0.416 e. The van der Waals surface area contributed by atoms with Crippen LogP contribution in [0.15, 0.2) is 48.5 Å². The van der Waals surface area contributed by atoms with Crippen LogP contribution in [-0.2, 0) is 10.9 Å². The van der Waals surface area contributed by atoms with Crippen LogP contribution in [-0.4, -0.2) is 55.9 Å². The van der Waals surface area contributed by atoms with Crippen LogP contribution in [0.25, 0.3) is 0 Å². The van der Waals surface area contributed by atoms with Crippen molar-refractivity contribution in [2.75, 3.05) is 38.1 Å². The average Bonchev–Trinajstić information content (AvgIpc) is 2.87. The molecule has 202 valence electrons. The van der Waals surface area contributed by atoms with Gasteiger partial charge < -0.3 is 25.6 Å². The summed E-state index contributed by atoms with van der Waals surface area (Å²) in [6, 6.07) is 11.6. The lowest BCUT2D eigenvalue weighted by molar-refractivity contribution is -0.137. The fourth-order valence-corrected chi connectivity index (χ4v) is 4.35. The van der Waals surface area contributed by atoms with Crippen molar-refractivity contribution in [3.8, 4) is 0 Å². The van der Waals surface area contributed by atoms with Crippen LogP contribution in [0, 0.1) is 0 Å². The Kier molecular flexibility index (Phi) is 10.5. The molecule has 0 saturated carbocycles. The topological polar surface area (TPSA) is 82.7 Å². The number of hydrogen-bond donors (Lipinski definition) is 3. The predicted molar refractivity (Wildman–Crippen MR) is 137 cm³/mol. The molecule has 1 aliphatic rings. The summed E-state index contributed by atoms with van der Waals surface area (Å²) in [7, 11) is 0. The van der Waals surface area contributed by atoms with Gasteiger partial charge in [-0.25, -0.2) is 9.59 Å². The Bertz CT molecular complexity index is 1030. The molecule has 3 amide bonds. The molecule has 1 saturated heterocycles. The summed E-state index contributed by atoms with van der Waals surface area (Å²) >= 11 is 6.03. The van der Waals surface area contributed by atoms with E-state index in [1.165, 1.54) is 12.1 Å². The molecule has 37 heavy (non-hydrogen) atoms. The standard InChI is InChI=1S/C26H32ClF3N4O3/c1-2-37-25(36)34-14-11-22(12-15-34)31-13-10-19(18-6-8-21(27)9-7-18)17-32-24(35)33-23-5-3-4-20(16-23)26(28,29)30/h3-9,16,19,22,31H,2,10-15,17H2,1H3,(H2,32,33,35). The number of piperidine rings is 1. The molecule has 0 bridgehead atoms. The fraction of sp³-hybridized carbons (Fsp3) is 0.462. The lowest BCUT2D eigenvalue weighted by Gasteiger charge is -2.32. The van der Waals surface area contributed by atoms with Crippen molar-refractivity contribution in [1.29, 1.82) is 0 Å². The first-order valence-corrected chi connectivity index (χ1v) is 12.7. The maximum absolute atomic E-state index is 12.9. The molecular weight excluding hydrogens is 509 g/mol. The minimum atomic E-state index is -4.49. The molecule has 0 aromatic heterocycles. The van der Waals surface area contributed by atoms with Gasteiger partial charge in [0.1, 0.15) is 0 Å². The summed E-state index contributed by atoms with van der Waals surface area (Å²) in [4.78, 5) is 26.0. The number of amides is 3. The summed E-state index contributed by atoms with van der Waals surface area (Å²) in [5.41, 5.74) is 0.220. The van der Waals surface area contributed by atoms with E-state index < -0.39 is 17.8 Å². The molecule has 1 aliphatic heterocycles. The first-order chi connectivity index (χ1) is 17.7. The number of ether oxygens (including phenoxy) is 1. The summed E-state index contributed by atoms with van der Waals surface area (Å²) < 4.78 is 43.9. The van der Waals surface area contributed by atoms with E-state index in [1.807, 2.05) is 12.1 Å². The molecule has 2 aromatic rings.